The van der Waals surface area contributed by atoms with Gasteiger partial charge in [0.15, 0.2) is 0 Å². The maximum absolute atomic E-state index is 6.19. The molecule has 1 aromatic heterocycles. The van der Waals surface area contributed by atoms with Crippen LogP contribution < -0.4 is 4.74 Å². The van der Waals surface area contributed by atoms with Gasteiger partial charge in [0.1, 0.15) is 11.9 Å². The van der Waals surface area contributed by atoms with E-state index in [2.05, 4.69) is 146 Å². The van der Waals surface area contributed by atoms with Crippen LogP contribution in [0.1, 0.15) is 36.5 Å². The molecule has 2 unspecified atom stereocenters. The van der Waals surface area contributed by atoms with Gasteiger partial charge in [-0.15, -0.1) is 0 Å². The molecule has 0 radical (unpaired) electrons. The zero-order valence-corrected chi connectivity index (χ0v) is 23.1. The van der Waals surface area contributed by atoms with Gasteiger partial charge in [0.25, 0.3) is 0 Å². The maximum Gasteiger partial charge on any atom is 0.128 e. The Morgan fingerprint density at radius 1 is 0.683 bits per heavy atom. The number of rotatable bonds is 2. The first-order chi connectivity index (χ1) is 20.1. The molecule has 2 nitrogen and oxygen atoms in total. The molecular weight excluding hydrogens is 498 g/mol. The molecule has 0 N–H and O–H groups in total. The van der Waals surface area contributed by atoms with Crippen molar-refractivity contribution in [3.05, 3.63) is 144 Å². The topological polar surface area (TPSA) is 14.2 Å². The van der Waals surface area contributed by atoms with Gasteiger partial charge >= 0.3 is 0 Å². The number of benzene rings is 5. The zero-order valence-electron chi connectivity index (χ0n) is 23.1. The summed E-state index contributed by atoms with van der Waals surface area (Å²) in [6, 6.07) is 38.1. The Kier molecular flexibility index (Phi) is 4.54. The van der Waals surface area contributed by atoms with Gasteiger partial charge in [-0.3, -0.25) is 0 Å². The molecule has 2 aliphatic carbocycles. The molecule has 0 spiro atoms. The third kappa shape index (κ3) is 3.08. The van der Waals surface area contributed by atoms with E-state index in [-0.39, 0.29) is 11.5 Å². The van der Waals surface area contributed by atoms with Gasteiger partial charge in [0.2, 0.25) is 0 Å². The lowest BCUT2D eigenvalue weighted by Crippen LogP contribution is -2.16. The van der Waals surface area contributed by atoms with Crippen molar-refractivity contribution in [3.8, 4) is 33.7 Å². The SMILES string of the molecule is CC1(C)c2ccccc2-c2ccc3c4ccccc4n(-c4ccc(-c5ccc6c(c5)C5C=CC=CC5O6)cc4)c3c21. The molecule has 9 rings (SSSR count). The van der Waals surface area contributed by atoms with Crippen LogP contribution >= 0.6 is 0 Å². The van der Waals surface area contributed by atoms with Crippen molar-refractivity contribution in [1.82, 2.24) is 4.57 Å². The lowest BCUT2D eigenvalue weighted by Gasteiger charge is -2.23. The molecule has 0 saturated heterocycles. The summed E-state index contributed by atoms with van der Waals surface area (Å²) in [5.74, 6) is 1.29. The van der Waals surface area contributed by atoms with Crippen molar-refractivity contribution in [2.75, 3.05) is 0 Å². The summed E-state index contributed by atoms with van der Waals surface area (Å²) in [5, 5.41) is 2.61. The Morgan fingerprint density at radius 3 is 2.37 bits per heavy atom. The first-order valence-corrected chi connectivity index (χ1v) is 14.5. The van der Waals surface area contributed by atoms with Gasteiger partial charge in [0.05, 0.1) is 11.0 Å². The Morgan fingerprint density at radius 2 is 1.46 bits per heavy atom. The molecule has 0 amide bonds. The van der Waals surface area contributed by atoms with Crippen LogP contribution in [0.2, 0.25) is 0 Å². The fraction of sp³-hybridized carbons (Fsp3) is 0.128. The van der Waals surface area contributed by atoms with Gasteiger partial charge in [0, 0.05) is 33.4 Å². The number of allylic oxidation sites excluding steroid dienone is 2. The molecule has 0 fully saturated rings. The number of nitrogens with zero attached hydrogens (tertiary/aromatic N) is 1. The molecule has 41 heavy (non-hydrogen) atoms. The predicted molar refractivity (Wildman–Crippen MR) is 169 cm³/mol. The van der Waals surface area contributed by atoms with E-state index in [0.717, 1.165) is 5.75 Å². The molecule has 196 valence electrons. The van der Waals surface area contributed by atoms with Crippen LogP contribution in [0.15, 0.2) is 127 Å². The summed E-state index contributed by atoms with van der Waals surface area (Å²) in [4.78, 5) is 0. The quantitative estimate of drug-likeness (QED) is 0.219. The molecule has 5 aromatic carbocycles. The Labute approximate surface area is 239 Å². The van der Waals surface area contributed by atoms with Crippen LogP contribution in [0.5, 0.6) is 5.75 Å². The highest BCUT2D eigenvalue weighted by Crippen LogP contribution is 2.53. The normalized spacial score (nSPS) is 19.2. The molecule has 6 aromatic rings. The van der Waals surface area contributed by atoms with Gasteiger partial charge in [-0.05, 0) is 69.8 Å². The van der Waals surface area contributed by atoms with E-state index in [1.807, 2.05) is 0 Å². The third-order valence-corrected chi connectivity index (χ3v) is 9.53. The fourth-order valence-corrected chi connectivity index (χ4v) is 7.61. The first-order valence-electron chi connectivity index (χ1n) is 14.5. The minimum atomic E-state index is -0.0927. The number of fused-ring (bicyclic) bond motifs is 10. The van der Waals surface area contributed by atoms with Crippen LogP contribution in [0.4, 0.5) is 0 Å². The molecule has 3 aliphatic rings. The second kappa shape index (κ2) is 8.11. The number of hydrogen-bond acceptors (Lipinski definition) is 1. The molecule has 0 saturated carbocycles. The van der Waals surface area contributed by atoms with E-state index in [1.54, 1.807) is 0 Å². The monoisotopic (exact) mass is 527 g/mol. The lowest BCUT2D eigenvalue weighted by atomic mass is 9.81. The average molecular weight is 528 g/mol. The Bertz CT molecular complexity index is 2100. The maximum atomic E-state index is 6.19. The molecule has 2 atom stereocenters. The summed E-state index contributed by atoms with van der Waals surface area (Å²) in [6.07, 6.45) is 8.73. The molecule has 1 aliphatic heterocycles. The summed E-state index contributed by atoms with van der Waals surface area (Å²) in [7, 11) is 0. The number of ether oxygens (including phenoxy) is 1. The van der Waals surface area contributed by atoms with Gasteiger partial charge in [-0.25, -0.2) is 0 Å². The third-order valence-electron chi connectivity index (χ3n) is 9.53. The van der Waals surface area contributed by atoms with Crippen molar-refractivity contribution in [2.45, 2.75) is 31.3 Å². The van der Waals surface area contributed by atoms with Crippen molar-refractivity contribution < 1.29 is 4.74 Å². The van der Waals surface area contributed by atoms with Gasteiger partial charge in [-0.1, -0.05) is 105 Å². The average Bonchev–Trinajstić information content (AvgIpc) is 3.63. The van der Waals surface area contributed by atoms with Crippen LogP contribution in [0.3, 0.4) is 0 Å². The van der Waals surface area contributed by atoms with E-state index in [0.29, 0.717) is 5.92 Å². The fourth-order valence-electron chi connectivity index (χ4n) is 7.61. The molecular formula is C39H29NO. The van der Waals surface area contributed by atoms with E-state index >= 15 is 0 Å². The summed E-state index contributed by atoms with van der Waals surface area (Å²) in [6.45, 7) is 4.75. The predicted octanol–water partition coefficient (Wildman–Crippen LogP) is 9.73. The van der Waals surface area contributed by atoms with Crippen molar-refractivity contribution in [1.29, 1.82) is 0 Å². The standard InChI is InChI=1S/C39H29NO/c1-39(2)33-12-6-3-9-27(33)30-20-21-31-28-10-4-7-13-34(28)40(38(31)37(30)39)26-18-15-24(16-19-26)25-17-22-36-32(23-25)29-11-5-8-14-35(29)41-36/h3-23,29,35H,1-2H3. The molecule has 0 bridgehead atoms. The minimum absolute atomic E-state index is 0.0927. The highest BCUT2D eigenvalue weighted by atomic mass is 16.5. The van der Waals surface area contributed by atoms with Crippen LogP contribution in [0.25, 0.3) is 49.7 Å². The smallest absolute Gasteiger partial charge is 0.128 e. The van der Waals surface area contributed by atoms with E-state index in [9.17, 15) is 0 Å². The Hall–Kier alpha value is -4.82. The van der Waals surface area contributed by atoms with Crippen molar-refractivity contribution >= 4 is 21.8 Å². The molecule has 2 heterocycles. The lowest BCUT2D eigenvalue weighted by molar-refractivity contribution is 0.269. The second-order valence-corrected chi connectivity index (χ2v) is 12.1. The number of para-hydroxylation sites is 1. The van der Waals surface area contributed by atoms with Crippen molar-refractivity contribution in [2.24, 2.45) is 0 Å². The summed E-state index contributed by atoms with van der Waals surface area (Å²) in [5.41, 5.74) is 12.9. The summed E-state index contributed by atoms with van der Waals surface area (Å²) >= 11 is 0. The van der Waals surface area contributed by atoms with Crippen molar-refractivity contribution in [3.63, 3.8) is 0 Å². The first kappa shape index (κ1) is 22.9. The number of hydrogen-bond donors (Lipinski definition) is 0. The Balaban J connectivity index is 1.22. The van der Waals surface area contributed by atoms with Crippen LogP contribution in [-0.2, 0) is 5.41 Å². The number of aromatic nitrogens is 1. The summed E-state index contributed by atoms with van der Waals surface area (Å²) < 4.78 is 8.67. The zero-order chi connectivity index (χ0) is 27.3. The molecule has 2 heteroatoms. The largest absolute Gasteiger partial charge is 0.485 e. The highest BCUT2D eigenvalue weighted by Gasteiger charge is 2.38. The van der Waals surface area contributed by atoms with E-state index in [4.69, 9.17) is 4.74 Å². The van der Waals surface area contributed by atoms with E-state index < -0.39 is 0 Å². The van der Waals surface area contributed by atoms with Crippen LogP contribution in [-0.4, -0.2) is 10.7 Å². The van der Waals surface area contributed by atoms with Gasteiger partial charge < -0.3 is 9.30 Å². The van der Waals surface area contributed by atoms with Gasteiger partial charge in [-0.2, -0.15) is 0 Å². The van der Waals surface area contributed by atoms with Crippen LogP contribution in [0, 0.1) is 0 Å². The minimum Gasteiger partial charge on any atom is -0.485 e. The second-order valence-electron chi connectivity index (χ2n) is 12.1. The van der Waals surface area contributed by atoms with E-state index in [1.165, 1.54) is 66.4 Å². The highest BCUT2D eigenvalue weighted by molar-refractivity contribution is 6.13.